The number of ether oxygens (including phenoxy) is 1. The van der Waals surface area contributed by atoms with Crippen LogP contribution in [0, 0.1) is 0 Å². The molecule has 0 aliphatic carbocycles. The maximum absolute atomic E-state index is 13.0. The highest BCUT2D eigenvalue weighted by atomic mass is 19.4. The Kier molecular flexibility index (Phi) is 5.64. The van der Waals surface area contributed by atoms with Crippen LogP contribution in [0.2, 0.25) is 0 Å². The second-order valence-corrected chi connectivity index (χ2v) is 5.12. The smallest absolute Gasteiger partial charge is 0.425 e. The molecule has 2 aromatic rings. The van der Waals surface area contributed by atoms with Gasteiger partial charge in [-0.15, -0.1) is 0 Å². The van der Waals surface area contributed by atoms with Gasteiger partial charge in [0.1, 0.15) is 5.75 Å². The van der Waals surface area contributed by atoms with E-state index < -0.39 is 18.0 Å². The first-order valence-corrected chi connectivity index (χ1v) is 7.30. The van der Waals surface area contributed by atoms with Crippen LogP contribution >= 0.6 is 0 Å². The van der Waals surface area contributed by atoms with Crippen molar-refractivity contribution in [2.75, 3.05) is 11.9 Å². The molecule has 0 unspecified atom stereocenters. The molecule has 2 aromatic carbocycles. The molecule has 0 bridgehead atoms. The van der Waals surface area contributed by atoms with Gasteiger partial charge in [0.2, 0.25) is 0 Å². The van der Waals surface area contributed by atoms with Gasteiger partial charge >= 0.3 is 12.3 Å². The second kappa shape index (κ2) is 7.51. The minimum Gasteiger partial charge on any atom is -0.425 e. The number of alkyl halides is 5. The lowest BCUT2D eigenvalue weighted by Gasteiger charge is -2.21. The summed E-state index contributed by atoms with van der Waals surface area (Å²) in [7, 11) is 0. The Hall–Kier alpha value is -2.31. The molecule has 130 valence electrons. The van der Waals surface area contributed by atoms with Crippen molar-refractivity contribution in [3.8, 4) is 5.75 Å². The maximum atomic E-state index is 13.0. The molecule has 0 aliphatic heterocycles. The van der Waals surface area contributed by atoms with Gasteiger partial charge in [-0.2, -0.15) is 22.0 Å². The van der Waals surface area contributed by atoms with Crippen LogP contribution in [0.5, 0.6) is 5.75 Å². The number of para-hydroxylation sites is 2. The molecule has 0 heterocycles. The van der Waals surface area contributed by atoms with Crippen LogP contribution in [0.25, 0.3) is 0 Å². The minimum absolute atomic E-state index is 0.302. The van der Waals surface area contributed by atoms with Crippen molar-refractivity contribution < 1.29 is 26.7 Å². The van der Waals surface area contributed by atoms with Gasteiger partial charge in [0, 0.05) is 12.2 Å². The zero-order valence-corrected chi connectivity index (χ0v) is 12.6. The van der Waals surface area contributed by atoms with Gasteiger partial charge in [-0.05, 0) is 36.6 Å². The van der Waals surface area contributed by atoms with Crippen molar-refractivity contribution in [1.29, 1.82) is 0 Å². The summed E-state index contributed by atoms with van der Waals surface area (Å²) in [5.74, 6) is -0.459. The lowest BCUT2D eigenvalue weighted by atomic mass is 10.1. The predicted octanol–water partition coefficient (Wildman–Crippen LogP) is 5.27. The van der Waals surface area contributed by atoms with E-state index in [1.807, 2.05) is 30.3 Å². The molecule has 0 radical (unpaired) electrons. The van der Waals surface area contributed by atoms with Gasteiger partial charge in [0.05, 0.1) is 0 Å². The van der Waals surface area contributed by atoms with Gasteiger partial charge in [0.25, 0.3) is 0 Å². The van der Waals surface area contributed by atoms with Crippen molar-refractivity contribution in [2.45, 2.75) is 25.1 Å². The Morgan fingerprint density at radius 1 is 0.833 bits per heavy atom. The number of nitrogens with one attached hydrogen (secondary N) is 1. The van der Waals surface area contributed by atoms with E-state index in [2.05, 4.69) is 10.1 Å². The van der Waals surface area contributed by atoms with Crippen LogP contribution in [0.1, 0.15) is 12.0 Å². The Bertz CT molecular complexity index is 643. The number of benzene rings is 2. The zero-order chi connectivity index (χ0) is 17.6. The van der Waals surface area contributed by atoms with E-state index >= 15 is 0 Å². The Labute approximate surface area is 136 Å². The Morgan fingerprint density at radius 3 is 2.12 bits per heavy atom. The fourth-order valence-corrected chi connectivity index (χ4v) is 2.07. The summed E-state index contributed by atoms with van der Waals surface area (Å²) in [6.07, 6.45) is -10.1. The van der Waals surface area contributed by atoms with E-state index in [4.69, 9.17) is 0 Å². The van der Waals surface area contributed by atoms with Gasteiger partial charge in [-0.1, -0.05) is 36.4 Å². The highest BCUT2D eigenvalue weighted by Crippen LogP contribution is 2.38. The lowest BCUT2D eigenvalue weighted by molar-refractivity contribution is -0.360. The Morgan fingerprint density at radius 2 is 1.46 bits per heavy atom. The van der Waals surface area contributed by atoms with Crippen molar-refractivity contribution in [3.63, 3.8) is 0 Å². The normalized spacial score (nSPS) is 12.0. The molecule has 0 amide bonds. The topological polar surface area (TPSA) is 21.3 Å². The van der Waals surface area contributed by atoms with Crippen LogP contribution in [0.4, 0.5) is 27.6 Å². The van der Waals surface area contributed by atoms with E-state index in [0.29, 0.717) is 24.9 Å². The van der Waals surface area contributed by atoms with Crippen molar-refractivity contribution in [1.82, 2.24) is 0 Å². The largest absolute Gasteiger partial charge is 0.499 e. The summed E-state index contributed by atoms with van der Waals surface area (Å²) in [5.41, 5.74) is 1.21. The first kappa shape index (κ1) is 18.0. The van der Waals surface area contributed by atoms with Crippen molar-refractivity contribution in [2.24, 2.45) is 0 Å². The van der Waals surface area contributed by atoms with E-state index in [-0.39, 0.29) is 0 Å². The number of anilines is 1. The van der Waals surface area contributed by atoms with Gasteiger partial charge < -0.3 is 10.1 Å². The average Bonchev–Trinajstić information content (AvgIpc) is 2.52. The molecule has 1 N–H and O–H groups in total. The van der Waals surface area contributed by atoms with Gasteiger partial charge in [-0.25, -0.2) is 0 Å². The molecule has 0 saturated heterocycles. The number of aryl methyl sites for hydroxylation is 1. The zero-order valence-electron chi connectivity index (χ0n) is 12.6. The first-order chi connectivity index (χ1) is 11.3. The standard InChI is InChI=1S/C17H16F5NO/c18-16(19,20)17(21,22)24-15-11-5-4-7-13(15)8-6-12-23-14-9-2-1-3-10-14/h1-5,7,9-11,23H,6,8,12H2. The highest BCUT2D eigenvalue weighted by molar-refractivity contribution is 5.42. The molecule has 7 heteroatoms. The molecule has 24 heavy (non-hydrogen) atoms. The van der Waals surface area contributed by atoms with Crippen LogP contribution in [-0.4, -0.2) is 18.8 Å². The van der Waals surface area contributed by atoms with Crippen LogP contribution < -0.4 is 10.1 Å². The monoisotopic (exact) mass is 345 g/mol. The second-order valence-electron chi connectivity index (χ2n) is 5.12. The summed E-state index contributed by atoms with van der Waals surface area (Å²) in [6, 6.07) is 14.9. The van der Waals surface area contributed by atoms with Crippen LogP contribution in [0.15, 0.2) is 54.6 Å². The van der Waals surface area contributed by atoms with Crippen molar-refractivity contribution >= 4 is 5.69 Å². The fourth-order valence-electron chi connectivity index (χ4n) is 2.07. The van der Waals surface area contributed by atoms with Crippen LogP contribution in [0.3, 0.4) is 0 Å². The molecule has 2 rings (SSSR count). The average molecular weight is 345 g/mol. The molecular formula is C17H16F5NO. The SMILES string of the molecule is FC(F)(F)C(F)(F)Oc1ccccc1CCCNc1ccccc1. The molecule has 0 fully saturated rings. The summed E-state index contributed by atoms with van der Waals surface area (Å²) in [5, 5.41) is 3.14. The molecule has 0 spiro atoms. The van der Waals surface area contributed by atoms with Gasteiger partial charge in [-0.3, -0.25) is 0 Å². The Balaban J connectivity index is 1.94. The first-order valence-electron chi connectivity index (χ1n) is 7.30. The van der Waals surface area contributed by atoms with Gasteiger partial charge in [0.15, 0.2) is 0 Å². The van der Waals surface area contributed by atoms with E-state index in [9.17, 15) is 22.0 Å². The molecule has 0 aromatic heterocycles. The molecule has 0 atom stereocenters. The van der Waals surface area contributed by atoms with E-state index in [1.54, 1.807) is 6.07 Å². The van der Waals surface area contributed by atoms with Crippen molar-refractivity contribution in [3.05, 3.63) is 60.2 Å². The third-order valence-electron chi connectivity index (χ3n) is 3.27. The molecule has 0 aliphatic rings. The quantitative estimate of drug-likeness (QED) is 0.546. The summed E-state index contributed by atoms with van der Waals surface area (Å²) in [6.45, 7) is 0.550. The molecule has 0 saturated carbocycles. The number of rotatable bonds is 7. The maximum Gasteiger partial charge on any atom is 0.499 e. The summed E-state index contributed by atoms with van der Waals surface area (Å²) >= 11 is 0. The predicted molar refractivity (Wildman–Crippen MR) is 81.3 cm³/mol. The minimum atomic E-state index is -5.75. The number of halogens is 5. The third kappa shape index (κ3) is 4.84. The summed E-state index contributed by atoms with van der Waals surface area (Å²) < 4.78 is 66.8. The fraction of sp³-hybridized carbons (Fsp3) is 0.294. The number of hydrogen-bond acceptors (Lipinski definition) is 2. The van der Waals surface area contributed by atoms with E-state index in [1.165, 1.54) is 12.1 Å². The summed E-state index contributed by atoms with van der Waals surface area (Å²) in [4.78, 5) is 0. The highest BCUT2D eigenvalue weighted by Gasteiger charge is 2.61. The molecule has 2 nitrogen and oxygen atoms in total. The number of hydrogen-bond donors (Lipinski definition) is 1. The van der Waals surface area contributed by atoms with Crippen LogP contribution in [-0.2, 0) is 6.42 Å². The third-order valence-corrected chi connectivity index (χ3v) is 3.27. The van der Waals surface area contributed by atoms with E-state index in [0.717, 1.165) is 11.8 Å². The lowest BCUT2D eigenvalue weighted by Crippen LogP contribution is -2.42. The molecular weight excluding hydrogens is 329 g/mol.